The lowest BCUT2D eigenvalue weighted by atomic mass is 9.59. The first kappa shape index (κ1) is 28.1. The molecular weight excluding hydrogens is 532 g/mol. The van der Waals surface area contributed by atoms with Gasteiger partial charge in [0.1, 0.15) is 34.4 Å². The summed E-state index contributed by atoms with van der Waals surface area (Å²) in [5, 5.41) is 47.4. The van der Waals surface area contributed by atoms with Crippen molar-refractivity contribution in [1.29, 1.82) is 0 Å². The van der Waals surface area contributed by atoms with Crippen LogP contribution in [0.5, 0.6) is 11.5 Å². The van der Waals surface area contributed by atoms with Crippen LogP contribution in [-0.4, -0.2) is 62.9 Å². The molecule has 0 spiro atoms. The van der Waals surface area contributed by atoms with Gasteiger partial charge in [0.2, 0.25) is 5.78 Å². The fourth-order valence-corrected chi connectivity index (χ4v) is 6.33. The van der Waals surface area contributed by atoms with E-state index in [1.54, 1.807) is 12.1 Å². The molecule has 1 amide bonds. The average molecular weight is 563 g/mol. The lowest BCUT2D eigenvalue weighted by Gasteiger charge is -2.46. The third-order valence-corrected chi connectivity index (χ3v) is 8.20. The molecule has 11 nitrogen and oxygen atoms in total. The molecule has 0 aliphatic heterocycles. The van der Waals surface area contributed by atoms with Crippen molar-refractivity contribution in [2.75, 3.05) is 13.7 Å². The van der Waals surface area contributed by atoms with Crippen molar-refractivity contribution in [2.45, 2.75) is 38.3 Å². The van der Waals surface area contributed by atoms with Gasteiger partial charge in [0.15, 0.2) is 11.4 Å². The Morgan fingerprint density at radius 2 is 1.83 bits per heavy atom. The Kier molecular flexibility index (Phi) is 6.96. The Bertz CT molecular complexity index is 1590. The molecule has 214 valence electrons. The topological polar surface area (TPSA) is 196 Å². The highest BCUT2D eigenvalue weighted by atomic mass is 16.5. The molecule has 0 saturated heterocycles. The predicted octanol–water partition coefficient (Wildman–Crippen LogP) is 1.78. The molecule has 3 aliphatic carbocycles. The minimum Gasteiger partial charge on any atom is -0.508 e. The predicted molar refractivity (Wildman–Crippen MR) is 146 cm³/mol. The Balaban J connectivity index is 1.64. The molecular formula is C30H30N2O9. The van der Waals surface area contributed by atoms with Gasteiger partial charge in [0, 0.05) is 30.0 Å². The molecule has 0 unspecified atom stereocenters. The monoisotopic (exact) mass is 562 g/mol. The fourth-order valence-electron chi connectivity index (χ4n) is 6.33. The van der Waals surface area contributed by atoms with E-state index in [-0.39, 0.29) is 42.1 Å². The zero-order valence-electron chi connectivity index (χ0n) is 22.5. The van der Waals surface area contributed by atoms with E-state index in [1.165, 1.54) is 20.1 Å². The minimum atomic E-state index is -2.62. The number of nitrogens with one attached hydrogen (secondary N) is 1. The Labute approximate surface area is 234 Å². The number of amides is 1. The van der Waals surface area contributed by atoms with Crippen molar-refractivity contribution in [3.05, 3.63) is 63.9 Å². The number of ketones is 3. The van der Waals surface area contributed by atoms with E-state index in [2.05, 4.69) is 5.32 Å². The minimum absolute atomic E-state index is 0.00297. The van der Waals surface area contributed by atoms with Crippen LogP contribution < -0.4 is 15.8 Å². The van der Waals surface area contributed by atoms with Crippen molar-refractivity contribution >= 4 is 29.0 Å². The van der Waals surface area contributed by atoms with Crippen LogP contribution >= 0.6 is 0 Å². The van der Waals surface area contributed by atoms with Crippen molar-refractivity contribution < 1.29 is 44.3 Å². The van der Waals surface area contributed by atoms with Crippen LogP contribution in [0, 0.1) is 11.8 Å². The zero-order valence-corrected chi connectivity index (χ0v) is 22.5. The molecule has 41 heavy (non-hydrogen) atoms. The number of hydrogen-bond acceptors (Lipinski definition) is 10. The molecule has 2 aromatic carbocycles. The van der Waals surface area contributed by atoms with Crippen LogP contribution in [0.4, 0.5) is 0 Å². The van der Waals surface area contributed by atoms with Crippen LogP contribution in [0.3, 0.4) is 0 Å². The molecule has 5 rings (SSSR count). The number of carbonyl (C=O) groups is 4. The van der Waals surface area contributed by atoms with Gasteiger partial charge in [-0.25, -0.2) is 0 Å². The highest BCUT2D eigenvalue weighted by molar-refractivity contribution is 6.22. The molecule has 1 fully saturated rings. The Morgan fingerprint density at radius 3 is 2.49 bits per heavy atom. The standard InChI is InChI=1S/C30H30N2O9/c1-13(33)11-32-12-14-3-6-22(41-2)18(7-14)17-4-5-20(34)24-19(17)9-15-8-16-10-21(35)25(29(31)39)28(38)30(16,40)27(37)23(15)26(24)36/h3-7,15-16,32,34,36,38,40H,8-12H2,1-2H3,(H2,31,39)/t15-,16+,30+/m1/s1. The molecule has 0 heterocycles. The number of phenolic OH excluding ortho intramolecular Hbond substituents is 1. The summed E-state index contributed by atoms with van der Waals surface area (Å²) in [5.74, 6) is -6.27. The van der Waals surface area contributed by atoms with Crippen LogP contribution in [0.1, 0.15) is 36.5 Å². The average Bonchev–Trinajstić information content (AvgIpc) is 2.90. The fraction of sp³-hybridized carbons (Fsp3) is 0.333. The molecule has 11 heteroatoms. The lowest BCUT2D eigenvalue weighted by molar-refractivity contribution is -0.147. The van der Waals surface area contributed by atoms with Gasteiger partial charge < -0.3 is 36.2 Å². The van der Waals surface area contributed by atoms with Gasteiger partial charge in [-0.2, -0.15) is 0 Å². The van der Waals surface area contributed by atoms with Gasteiger partial charge in [0.05, 0.1) is 19.2 Å². The second-order valence-corrected chi connectivity index (χ2v) is 10.7. The number of ether oxygens (including phenoxy) is 1. The number of carbonyl (C=O) groups excluding carboxylic acids is 4. The highest BCUT2D eigenvalue weighted by Gasteiger charge is 2.60. The number of benzene rings is 2. The molecule has 2 aromatic rings. The molecule has 3 atom stereocenters. The van der Waals surface area contributed by atoms with Crippen LogP contribution in [0.15, 0.2) is 47.2 Å². The van der Waals surface area contributed by atoms with Gasteiger partial charge in [-0.1, -0.05) is 12.1 Å². The van der Waals surface area contributed by atoms with E-state index in [0.717, 1.165) is 5.56 Å². The van der Waals surface area contributed by atoms with E-state index in [1.807, 2.05) is 12.1 Å². The van der Waals surface area contributed by atoms with Gasteiger partial charge in [-0.3, -0.25) is 19.2 Å². The zero-order chi connectivity index (χ0) is 29.8. The maximum atomic E-state index is 13.7. The summed E-state index contributed by atoms with van der Waals surface area (Å²) in [5.41, 5.74) is 4.24. The molecule has 3 aliphatic rings. The first-order chi connectivity index (χ1) is 19.4. The summed E-state index contributed by atoms with van der Waals surface area (Å²) in [4.78, 5) is 49.5. The van der Waals surface area contributed by atoms with E-state index < -0.39 is 58.4 Å². The summed E-state index contributed by atoms with van der Waals surface area (Å²) in [6.07, 6.45) is -0.198. The summed E-state index contributed by atoms with van der Waals surface area (Å²) in [6.45, 7) is 2.09. The lowest BCUT2D eigenvalue weighted by Crippen LogP contribution is -2.58. The van der Waals surface area contributed by atoms with Crippen LogP contribution in [-0.2, 0) is 32.1 Å². The number of aliphatic hydroxyl groups is 3. The summed E-state index contributed by atoms with van der Waals surface area (Å²) >= 11 is 0. The number of rotatable bonds is 7. The summed E-state index contributed by atoms with van der Waals surface area (Å²) in [7, 11) is 1.51. The normalized spacial score (nSPS) is 23.6. The van der Waals surface area contributed by atoms with Gasteiger partial charge in [-0.15, -0.1) is 0 Å². The third kappa shape index (κ3) is 4.37. The number of methoxy groups -OCH3 is 1. The van der Waals surface area contributed by atoms with Crippen molar-refractivity contribution in [1.82, 2.24) is 5.32 Å². The first-order valence-corrected chi connectivity index (χ1v) is 13.1. The SMILES string of the molecule is COc1ccc(CNCC(C)=O)cc1-c1ccc(O)c2c1C[C@H]1C[C@H]3CC(=O)C(C(N)=O)=C(O)[C@@]3(O)C(=O)C1=C2O. The quantitative estimate of drug-likeness (QED) is 0.271. The molecule has 1 saturated carbocycles. The smallest absolute Gasteiger partial charge is 0.255 e. The summed E-state index contributed by atoms with van der Waals surface area (Å²) < 4.78 is 5.60. The first-order valence-electron chi connectivity index (χ1n) is 13.1. The van der Waals surface area contributed by atoms with E-state index in [9.17, 15) is 39.6 Å². The Hall–Kier alpha value is -4.48. The highest BCUT2D eigenvalue weighted by Crippen LogP contribution is 2.53. The number of aliphatic hydroxyl groups excluding tert-OH is 2. The van der Waals surface area contributed by atoms with Crippen LogP contribution in [0.25, 0.3) is 16.9 Å². The summed E-state index contributed by atoms with van der Waals surface area (Å²) in [6, 6.07) is 8.53. The maximum Gasteiger partial charge on any atom is 0.255 e. The maximum absolute atomic E-state index is 13.7. The Morgan fingerprint density at radius 1 is 1.10 bits per heavy atom. The molecule has 0 aromatic heterocycles. The largest absolute Gasteiger partial charge is 0.508 e. The number of Topliss-reactive ketones (excluding diaryl/α,β-unsaturated/α-hetero) is 3. The third-order valence-electron chi connectivity index (χ3n) is 8.20. The molecule has 0 radical (unpaired) electrons. The second kappa shape index (κ2) is 10.2. The van der Waals surface area contributed by atoms with E-state index in [4.69, 9.17) is 10.5 Å². The number of phenols is 1. The van der Waals surface area contributed by atoms with Gasteiger partial charge >= 0.3 is 0 Å². The number of primary amides is 1. The number of aromatic hydroxyl groups is 1. The van der Waals surface area contributed by atoms with Gasteiger partial charge in [-0.05, 0) is 60.6 Å². The second-order valence-electron chi connectivity index (χ2n) is 10.7. The van der Waals surface area contributed by atoms with E-state index >= 15 is 0 Å². The number of nitrogens with two attached hydrogens (primary N) is 1. The number of hydrogen-bond donors (Lipinski definition) is 6. The molecule has 7 N–H and O–H groups in total. The van der Waals surface area contributed by atoms with Crippen molar-refractivity contribution in [3.8, 4) is 22.6 Å². The molecule has 0 bridgehead atoms. The van der Waals surface area contributed by atoms with Crippen LogP contribution in [0.2, 0.25) is 0 Å². The van der Waals surface area contributed by atoms with Gasteiger partial charge in [0.25, 0.3) is 5.91 Å². The van der Waals surface area contributed by atoms with E-state index in [0.29, 0.717) is 29.0 Å². The number of fused-ring (bicyclic) bond motifs is 3. The van der Waals surface area contributed by atoms with Crippen molar-refractivity contribution in [2.24, 2.45) is 17.6 Å². The van der Waals surface area contributed by atoms with Crippen molar-refractivity contribution in [3.63, 3.8) is 0 Å².